The maximum absolute atomic E-state index is 13.5. The molecule has 186 valence electrons. The van der Waals surface area contributed by atoms with Crippen LogP contribution in [0.15, 0.2) is 71.2 Å². The average molecular weight is 562 g/mol. The second-order valence-corrected chi connectivity index (χ2v) is 8.60. The van der Waals surface area contributed by atoms with Crippen LogP contribution in [-0.4, -0.2) is 34.8 Å². The van der Waals surface area contributed by atoms with Gasteiger partial charge in [0.05, 0.1) is 31.0 Å². The Kier molecular flexibility index (Phi) is 6.73. The summed E-state index contributed by atoms with van der Waals surface area (Å²) in [5.41, 5.74) is -0.931. The van der Waals surface area contributed by atoms with Crippen LogP contribution in [0.3, 0.4) is 0 Å². The number of hydrogen-bond donors (Lipinski definition) is 2. The topological polar surface area (TPSA) is 80.9 Å². The highest BCUT2D eigenvalue weighted by molar-refractivity contribution is 9.10. The lowest BCUT2D eigenvalue weighted by Gasteiger charge is -2.15. The van der Waals surface area contributed by atoms with Gasteiger partial charge in [-0.15, -0.1) is 0 Å². The van der Waals surface area contributed by atoms with Crippen LogP contribution < -0.4 is 9.47 Å². The van der Waals surface area contributed by atoms with Crippen LogP contribution in [0.25, 0.3) is 16.9 Å². The van der Waals surface area contributed by atoms with Crippen molar-refractivity contribution in [1.29, 1.82) is 0 Å². The van der Waals surface area contributed by atoms with Crippen molar-refractivity contribution in [3.63, 3.8) is 0 Å². The molecular formula is C26H19BrF3NO5. The fraction of sp³-hybridized carbons (Fsp3) is 0.115. The molecule has 0 amide bonds. The molecule has 0 saturated carbocycles. The molecule has 0 fully saturated rings. The van der Waals surface area contributed by atoms with Crippen molar-refractivity contribution in [2.24, 2.45) is 0 Å². The second kappa shape index (κ2) is 9.62. The summed E-state index contributed by atoms with van der Waals surface area (Å²) in [5.74, 6) is -1.57. The first-order valence-corrected chi connectivity index (χ1v) is 11.2. The zero-order valence-electron chi connectivity index (χ0n) is 18.9. The fourth-order valence-corrected chi connectivity index (χ4v) is 4.10. The maximum atomic E-state index is 13.5. The summed E-state index contributed by atoms with van der Waals surface area (Å²) >= 11 is 3.29. The predicted octanol–water partition coefficient (Wildman–Crippen LogP) is 6.59. The Morgan fingerprint density at radius 2 is 1.58 bits per heavy atom. The summed E-state index contributed by atoms with van der Waals surface area (Å²) in [6.45, 7) is 0. The third-order valence-corrected chi connectivity index (χ3v) is 6.07. The molecule has 0 aliphatic heterocycles. The van der Waals surface area contributed by atoms with Gasteiger partial charge in [-0.2, -0.15) is 13.2 Å². The van der Waals surface area contributed by atoms with Crippen molar-refractivity contribution in [2.45, 2.75) is 6.18 Å². The highest BCUT2D eigenvalue weighted by Gasteiger charge is 2.33. The van der Waals surface area contributed by atoms with Crippen molar-refractivity contribution >= 4 is 21.7 Å². The van der Waals surface area contributed by atoms with Gasteiger partial charge in [0.15, 0.2) is 23.0 Å². The predicted molar refractivity (Wildman–Crippen MR) is 130 cm³/mol. The molecule has 6 nitrogen and oxygen atoms in total. The number of aromatic nitrogens is 1. The Bertz CT molecular complexity index is 1450. The molecule has 0 saturated heterocycles. The molecule has 36 heavy (non-hydrogen) atoms. The molecule has 4 rings (SSSR count). The van der Waals surface area contributed by atoms with Gasteiger partial charge in [-0.3, -0.25) is 9.36 Å². The Hall–Kier alpha value is -3.92. The van der Waals surface area contributed by atoms with E-state index in [0.717, 1.165) is 16.7 Å². The first kappa shape index (κ1) is 25.2. The standard InChI is InChI=1S/C26H19BrF3NO5/c1-35-19-11-8-15(12-20(19)36-2)22-21(23(32)14-6-9-17(27)10-7-14)24(33)25(34)31(22)18-5-3-4-16(13-18)26(28,29)30/h3-13,33-34H,1-2H3. The molecule has 0 spiro atoms. The number of carbonyl (C=O) groups excluding carboxylic acids is 1. The van der Waals surface area contributed by atoms with Crippen molar-refractivity contribution in [3.8, 4) is 40.1 Å². The first-order chi connectivity index (χ1) is 17.1. The van der Waals surface area contributed by atoms with Crippen LogP contribution in [0.5, 0.6) is 23.1 Å². The molecule has 3 aromatic carbocycles. The molecule has 0 aliphatic carbocycles. The van der Waals surface area contributed by atoms with Gasteiger partial charge >= 0.3 is 6.18 Å². The third kappa shape index (κ3) is 4.51. The molecule has 1 aromatic heterocycles. The number of ketones is 1. The van der Waals surface area contributed by atoms with Crippen molar-refractivity contribution in [2.75, 3.05) is 14.2 Å². The van der Waals surface area contributed by atoms with Gasteiger partial charge in [-0.25, -0.2) is 0 Å². The Balaban J connectivity index is 2.05. The molecule has 0 unspecified atom stereocenters. The van der Waals surface area contributed by atoms with Crippen LogP contribution in [0.1, 0.15) is 21.5 Å². The average Bonchev–Trinajstić information content (AvgIpc) is 3.13. The number of nitrogens with zero attached hydrogens (tertiary/aromatic N) is 1. The van der Waals surface area contributed by atoms with Gasteiger partial charge < -0.3 is 19.7 Å². The first-order valence-electron chi connectivity index (χ1n) is 10.4. The molecule has 0 radical (unpaired) electrons. The maximum Gasteiger partial charge on any atom is 0.416 e. The van der Waals surface area contributed by atoms with E-state index >= 15 is 0 Å². The number of carbonyl (C=O) groups is 1. The van der Waals surface area contributed by atoms with E-state index in [0.29, 0.717) is 10.2 Å². The number of aromatic hydroxyl groups is 2. The van der Waals surface area contributed by atoms with Crippen LogP contribution in [0.4, 0.5) is 13.2 Å². The van der Waals surface area contributed by atoms with E-state index in [9.17, 15) is 28.2 Å². The summed E-state index contributed by atoms with van der Waals surface area (Å²) in [6, 6.07) is 15.1. The van der Waals surface area contributed by atoms with E-state index in [1.54, 1.807) is 18.2 Å². The quantitative estimate of drug-likeness (QED) is 0.260. The largest absolute Gasteiger partial charge is 0.503 e. The second-order valence-electron chi connectivity index (χ2n) is 7.69. The van der Waals surface area contributed by atoms with Gasteiger partial charge in [0.25, 0.3) is 0 Å². The normalized spacial score (nSPS) is 11.4. The molecule has 1 heterocycles. The van der Waals surface area contributed by atoms with E-state index in [4.69, 9.17) is 9.47 Å². The van der Waals surface area contributed by atoms with Gasteiger partial charge in [-0.1, -0.05) is 22.0 Å². The van der Waals surface area contributed by atoms with E-state index in [1.165, 1.54) is 50.6 Å². The summed E-state index contributed by atoms with van der Waals surface area (Å²) < 4.78 is 52.7. The highest BCUT2D eigenvalue weighted by atomic mass is 79.9. The lowest BCUT2D eigenvalue weighted by atomic mass is 9.98. The summed E-state index contributed by atoms with van der Waals surface area (Å²) in [5, 5.41) is 21.8. The number of benzene rings is 3. The monoisotopic (exact) mass is 561 g/mol. The Morgan fingerprint density at radius 3 is 2.19 bits per heavy atom. The van der Waals surface area contributed by atoms with E-state index < -0.39 is 29.2 Å². The SMILES string of the molecule is COc1ccc(-c2c(C(=O)c3ccc(Br)cc3)c(O)c(O)n2-c2cccc(C(F)(F)F)c2)cc1OC. The van der Waals surface area contributed by atoms with E-state index in [-0.39, 0.29) is 33.8 Å². The zero-order chi connectivity index (χ0) is 26.2. The molecule has 0 aliphatic rings. The molecule has 0 atom stereocenters. The summed E-state index contributed by atoms with van der Waals surface area (Å²) in [6.07, 6.45) is -4.65. The number of methoxy groups -OCH3 is 2. The summed E-state index contributed by atoms with van der Waals surface area (Å²) in [7, 11) is 2.83. The molecule has 10 heteroatoms. The molecule has 2 N–H and O–H groups in total. The minimum atomic E-state index is -4.65. The van der Waals surface area contributed by atoms with Crippen molar-refractivity contribution in [1.82, 2.24) is 4.57 Å². The molecular weight excluding hydrogens is 543 g/mol. The van der Waals surface area contributed by atoms with Crippen LogP contribution in [-0.2, 0) is 6.18 Å². The molecule has 0 bridgehead atoms. The van der Waals surface area contributed by atoms with Crippen molar-refractivity contribution < 1.29 is 37.7 Å². The minimum Gasteiger partial charge on any atom is -0.503 e. The zero-order valence-corrected chi connectivity index (χ0v) is 20.5. The lowest BCUT2D eigenvalue weighted by Crippen LogP contribution is -2.08. The van der Waals surface area contributed by atoms with Crippen molar-refractivity contribution in [3.05, 3.63) is 87.9 Å². The van der Waals surface area contributed by atoms with Crippen LogP contribution in [0, 0.1) is 0 Å². The highest BCUT2D eigenvalue weighted by Crippen LogP contribution is 2.46. The van der Waals surface area contributed by atoms with Crippen LogP contribution in [0.2, 0.25) is 0 Å². The number of rotatable bonds is 6. The summed E-state index contributed by atoms with van der Waals surface area (Å²) in [4.78, 5) is 13.5. The number of hydrogen-bond acceptors (Lipinski definition) is 5. The third-order valence-electron chi connectivity index (χ3n) is 5.54. The number of alkyl halides is 3. The number of ether oxygens (including phenoxy) is 2. The fourth-order valence-electron chi connectivity index (χ4n) is 3.84. The Labute approximate surface area is 212 Å². The number of halogens is 4. The smallest absolute Gasteiger partial charge is 0.416 e. The lowest BCUT2D eigenvalue weighted by molar-refractivity contribution is -0.137. The minimum absolute atomic E-state index is 0.0294. The molecule has 4 aromatic rings. The van der Waals surface area contributed by atoms with E-state index in [1.807, 2.05) is 0 Å². The van der Waals surface area contributed by atoms with Gasteiger partial charge in [-0.05, 0) is 60.7 Å². The Morgan fingerprint density at radius 1 is 0.917 bits per heavy atom. The van der Waals surface area contributed by atoms with Gasteiger partial charge in [0, 0.05) is 21.3 Å². The van der Waals surface area contributed by atoms with E-state index in [2.05, 4.69) is 15.9 Å². The van der Waals surface area contributed by atoms with Crippen LogP contribution >= 0.6 is 15.9 Å². The van der Waals surface area contributed by atoms with Gasteiger partial charge in [0.1, 0.15) is 0 Å². The van der Waals surface area contributed by atoms with Gasteiger partial charge in [0.2, 0.25) is 5.88 Å².